The number of aromatic nitrogens is 2. The van der Waals surface area contributed by atoms with E-state index < -0.39 is 126 Å². The Kier molecular flexibility index (Phi) is 14.5. The molecule has 0 saturated carbocycles. The Morgan fingerprint density at radius 3 is 0.845 bits per heavy atom. The molecule has 5 heteroatoms. The second-order valence-electron chi connectivity index (χ2n) is 40.5. The van der Waals surface area contributed by atoms with Gasteiger partial charge in [-0.25, -0.2) is 0 Å². The van der Waals surface area contributed by atoms with E-state index in [-0.39, 0.29) is 82.2 Å². The van der Waals surface area contributed by atoms with E-state index in [0.29, 0.717) is 70.7 Å². The second-order valence-corrected chi connectivity index (χ2v) is 40.5. The first-order valence-corrected chi connectivity index (χ1v) is 41.1. The van der Waals surface area contributed by atoms with Gasteiger partial charge in [0.25, 0.3) is 6.71 Å². The Labute approximate surface area is 717 Å². The summed E-state index contributed by atoms with van der Waals surface area (Å²) in [6, 6.07) is 51.1. The molecule has 2 aliphatic rings. The lowest BCUT2D eigenvalue weighted by molar-refractivity contribution is 0.411. The fourth-order valence-electron chi connectivity index (χ4n) is 17.9. The Morgan fingerprint density at radius 1 is 0.293 bits per heavy atom. The van der Waals surface area contributed by atoms with Crippen molar-refractivity contribution in [2.45, 2.75) is 188 Å². The van der Waals surface area contributed by atoms with E-state index in [1.54, 1.807) is 9.13 Å². The monoisotopic (exact) mass is 1540 g/mol. The molecule has 0 atom stereocenters. The molecule has 0 spiro atoms. The largest absolute Gasteiger partial charge is 0.310 e. The first-order valence-electron chi connectivity index (χ1n) is 50.1. The van der Waals surface area contributed by atoms with Crippen molar-refractivity contribution in [1.82, 2.24) is 9.13 Å². The molecular weight excluding hydrogens is 1400 g/mol. The lowest BCUT2D eigenvalue weighted by atomic mass is 9.33. The Bertz CT molecular complexity index is 6750. The minimum Gasteiger partial charge on any atom is -0.310 e. The van der Waals surface area contributed by atoms with Crippen LogP contribution in [0, 0.1) is 27.1 Å². The smallest absolute Gasteiger partial charge is 0.252 e. The highest BCUT2D eigenvalue weighted by atomic mass is 15.2. The van der Waals surface area contributed by atoms with E-state index in [9.17, 15) is 24.7 Å². The lowest BCUT2D eigenvalue weighted by Crippen LogP contribution is -2.61. The first kappa shape index (κ1) is 58.9. The molecule has 2 aromatic heterocycles. The van der Waals surface area contributed by atoms with Crippen molar-refractivity contribution < 1.29 is 24.7 Å². The van der Waals surface area contributed by atoms with Gasteiger partial charge in [0.1, 0.15) is 0 Å². The normalized spacial score (nSPS) is 15.8. The number of para-hydroxylation sites is 4. The Balaban J connectivity index is 1.16. The summed E-state index contributed by atoms with van der Waals surface area (Å²) in [7, 11) is 0. The van der Waals surface area contributed by atoms with Gasteiger partial charge in [0.05, 0.1) is 55.4 Å². The van der Waals surface area contributed by atoms with Crippen LogP contribution in [0.5, 0.6) is 0 Å². The number of rotatable bonds is 13. The number of hydrogen-bond acceptors (Lipinski definition) is 2. The summed E-state index contributed by atoms with van der Waals surface area (Å²) >= 11 is 0. The van der Waals surface area contributed by atoms with Gasteiger partial charge in [-0.15, -0.1) is 0 Å². The maximum atomic E-state index is 11.2. The van der Waals surface area contributed by atoms with Gasteiger partial charge in [-0.3, -0.25) is 0 Å². The molecule has 17 rings (SSSR count). The molecule has 2 aliphatic heterocycles. The topological polar surface area (TPSA) is 16.3 Å². The number of hydrogen-bond donors (Lipinski definition) is 0. The number of fused-ring (bicyclic) bond motifs is 10. The van der Waals surface area contributed by atoms with Crippen LogP contribution < -0.4 is 26.2 Å². The van der Waals surface area contributed by atoms with E-state index in [1.807, 2.05) is 69.3 Å². The highest BCUT2D eigenvalue weighted by Crippen LogP contribution is 2.56. The second kappa shape index (κ2) is 28.5. The van der Waals surface area contributed by atoms with Crippen LogP contribution in [0.15, 0.2) is 267 Å². The molecule has 0 aliphatic carbocycles. The Morgan fingerprint density at radius 2 is 0.578 bits per heavy atom. The fourth-order valence-corrected chi connectivity index (χ4v) is 17.9. The van der Waals surface area contributed by atoms with Crippen LogP contribution in [0.4, 0.5) is 34.1 Å². The zero-order chi connectivity index (χ0) is 97.4. The first-order chi connectivity index (χ1) is 62.3. The molecule has 0 radical (unpaired) electrons. The summed E-state index contributed by atoms with van der Waals surface area (Å²) in [5.74, 6) is 0. The molecule has 4 nitrogen and oxygen atoms in total. The number of anilines is 6. The van der Waals surface area contributed by atoms with Gasteiger partial charge < -0.3 is 18.9 Å². The molecule has 0 unspecified atom stereocenters. The predicted octanol–water partition coefficient (Wildman–Crippen LogP) is 29.2. The molecule has 116 heavy (non-hydrogen) atoms. The van der Waals surface area contributed by atoms with Crippen LogP contribution in [0.2, 0.25) is 0 Å². The van der Waals surface area contributed by atoms with Crippen LogP contribution in [0.3, 0.4) is 0 Å². The molecule has 0 saturated heterocycles. The summed E-state index contributed by atoms with van der Waals surface area (Å²) in [5.41, 5.74) is 16.2. The fraction of sp³-hybridized carbons (Fsp3) is 0.297. The van der Waals surface area contributed by atoms with E-state index in [1.165, 1.54) is 0 Å². The van der Waals surface area contributed by atoms with Gasteiger partial charge in [-0.1, -0.05) is 327 Å². The van der Waals surface area contributed by atoms with Crippen LogP contribution in [-0.4, -0.2) is 15.8 Å². The van der Waals surface area contributed by atoms with E-state index in [0.717, 1.165) is 83.4 Å². The maximum Gasteiger partial charge on any atom is 0.252 e. The van der Waals surface area contributed by atoms with E-state index in [2.05, 4.69) is 256 Å². The zero-order valence-electron chi connectivity index (χ0n) is 89.4. The zero-order valence-corrected chi connectivity index (χ0v) is 71.4. The SMILES string of the molecule is [2H]c1c([2H])c([2H])c2c(c1[2H])c1c([2H])c([2H])c([2H])c([2H])c1n2-c1ccc2c(c1)N(c1c(-c3cccc(CC(C)(C)C)c3)cc(C(C)(C)C)cc1-c1cccc(CC(C)(C)C)c1)c1cc(C([2H])([2H])C(C)(C)C)cc3c1B2c1ccc(-n2c4c([2H])c([2H])c([2H])c([2H])c4c4c([2H])c([2H])c([2H])c([2H])c42)cc1N3c1c(-c2cccc(CC(C)(C)C)c2)cc(C(C)(C)C)cc1-c1cccc(CC(C)(C)C)c1. The van der Waals surface area contributed by atoms with Crippen molar-refractivity contribution in [3.8, 4) is 55.9 Å². The van der Waals surface area contributed by atoms with Gasteiger partial charge in [0.15, 0.2) is 0 Å². The maximum absolute atomic E-state index is 11.2. The lowest BCUT2D eigenvalue weighted by Gasteiger charge is -2.46. The van der Waals surface area contributed by atoms with Crippen LogP contribution in [-0.2, 0) is 42.9 Å². The molecule has 584 valence electrons. The number of nitrogens with zero attached hydrogens (tertiary/aromatic N) is 4. The van der Waals surface area contributed by atoms with Gasteiger partial charge in [-0.2, -0.15) is 0 Å². The predicted molar refractivity (Wildman–Crippen MR) is 504 cm³/mol. The molecule has 0 bridgehead atoms. The van der Waals surface area contributed by atoms with Crippen LogP contribution >= 0.6 is 0 Å². The highest BCUT2D eigenvalue weighted by molar-refractivity contribution is 7.00. The Hall–Kier alpha value is -10.9. The van der Waals surface area contributed by atoms with Gasteiger partial charge in [-0.05, 0) is 232 Å². The molecule has 13 aromatic carbocycles. The van der Waals surface area contributed by atoms with Crippen molar-refractivity contribution in [1.29, 1.82) is 0 Å². The summed E-state index contributed by atoms with van der Waals surface area (Å²) in [5, 5.41) is -0.419. The summed E-state index contributed by atoms with van der Waals surface area (Å²) < 4.78 is 180. The van der Waals surface area contributed by atoms with Gasteiger partial charge in [0, 0.05) is 80.7 Å². The van der Waals surface area contributed by atoms with Crippen molar-refractivity contribution in [3.05, 3.63) is 305 Å². The molecule has 0 fully saturated rings. The molecule has 0 amide bonds. The van der Waals surface area contributed by atoms with E-state index >= 15 is 0 Å². The third-order valence-corrected chi connectivity index (χ3v) is 22.4. The molecule has 15 aromatic rings. The minimum atomic E-state index is -2.24. The quantitative estimate of drug-likeness (QED) is 0.107. The molecular formula is C111H117BN4. The van der Waals surface area contributed by atoms with Crippen LogP contribution in [0.25, 0.3) is 99.5 Å². The average molecular weight is 1540 g/mol. The molecule has 0 N–H and O–H groups in total. The van der Waals surface area contributed by atoms with Crippen molar-refractivity contribution >= 4 is 101 Å². The van der Waals surface area contributed by atoms with Crippen molar-refractivity contribution in [2.75, 3.05) is 9.80 Å². The van der Waals surface area contributed by atoms with Crippen molar-refractivity contribution in [3.63, 3.8) is 0 Å². The third kappa shape index (κ3) is 15.0. The third-order valence-electron chi connectivity index (χ3n) is 22.4. The summed E-state index contributed by atoms with van der Waals surface area (Å²) in [4.78, 5) is 4.57. The van der Waals surface area contributed by atoms with Gasteiger partial charge in [0.2, 0.25) is 0 Å². The standard InChI is InChI=1S/C111H117BN4/c1-105(2,3)66-71-34-30-38-76(54-71)88-60-80(110(16,17)18)61-89(77-39-31-35-72(55-77)67-106(4,5)6)103(88)115-98-64-82(113-94-46-26-22-42-84(94)85-43-23-27-47-95(85)113)50-52-92(98)112-93-53-51-83(114-96-48-28-24-44-86(96)87-45-25-29-49-97(87)114)65-99(93)116(101-59-75(70-109(13,14)15)58-100(115)102(101)112)104-90(78-40-32-36-73(56-78)68-107(7,8)9)62-81(111(19,20)21)63-91(104)79-41-33-37-74(57-79)69-108(10,11)12/h22-65H,66-70H2,1-21H3/i22D,23D,24D,25D,26D,27D,28D,29D,42D,43D,44D,45D,46D,47D,48D,49D,70D2. The summed E-state index contributed by atoms with van der Waals surface area (Å²) in [6.45, 7) is 44.8. The highest BCUT2D eigenvalue weighted by Gasteiger charge is 2.47. The summed E-state index contributed by atoms with van der Waals surface area (Å²) in [6.07, 6.45) is 0.593. The van der Waals surface area contributed by atoms with Crippen molar-refractivity contribution in [2.24, 2.45) is 27.1 Å². The van der Waals surface area contributed by atoms with E-state index in [4.69, 9.17) is 0 Å². The van der Waals surface area contributed by atoms with Gasteiger partial charge >= 0.3 is 0 Å². The van der Waals surface area contributed by atoms with Crippen LogP contribution in [0.1, 0.15) is 209 Å². The number of benzene rings is 13. The molecule has 4 heterocycles. The minimum absolute atomic E-state index is 0.0890. The average Bonchev–Trinajstić information content (AvgIpc) is 0.786.